The van der Waals surface area contributed by atoms with Gasteiger partial charge in [-0.15, -0.1) is 0 Å². The lowest BCUT2D eigenvalue weighted by atomic mass is 10.2. The molecular formula is C17H25N5O3S. The van der Waals surface area contributed by atoms with Gasteiger partial charge in [0.15, 0.2) is 0 Å². The average molecular weight is 379 g/mol. The number of rotatable bonds is 5. The zero-order valence-electron chi connectivity index (χ0n) is 15.3. The van der Waals surface area contributed by atoms with Gasteiger partial charge in [0.1, 0.15) is 16.4 Å². The number of nitrogens with zero attached hydrogens (tertiary/aromatic N) is 4. The van der Waals surface area contributed by atoms with Gasteiger partial charge in [-0.1, -0.05) is 6.42 Å². The van der Waals surface area contributed by atoms with Crippen molar-refractivity contribution in [2.24, 2.45) is 7.05 Å². The normalized spacial score (nSPS) is 16.2. The van der Waals surface area contributed by atoms with Crippen molar-refractivity contribution < 1.29 is 13.2 Å². The van der Waals surface area contributed by atoms with Crippen LogP contribution in [0.3, 0.4) is 0 Å². The second kappa shape index (κ2) is 7.24. The molecular weight excluding hydrogens is 354 g/mol. The Morgan fingerprint density at radius 2 is 1.92 bits per heavy atom. The third-order valence-corrected chi connectivity index (χ3v) is 6.43. The van der Waals surface area contributed by atoms with Crippen LogP contribution in [-0.2, 0) is 17.1 Å². The summed E-state index contributed by atoms with van der Waals surface area (Å²) < 4.78 is 30.4. The first-order chi connectivity index (χ1) is 12.3. The molecule has 0 aliphatic carbocycles. The molecule has 2 aromatic rings. The number of amides is 1. The summed E-state index contributed by atoms with van der Waals surface area (Å²) in [5.41, 5.74) is 0.289. The van der Waals surface area contributed by atoms with E-state index in [2.05, 4.69) is 10.4 Å². The van der Waals surface area contributed by atoms with Crippen molar-refractivity contribution >= 4 is 21.7 Å². The Balaban J connectivity index is 1.83. The number of sulfonamides is 1. The van der Waals surface area contributed by atoms with Crippen LogP contribution in [0.5, 0.6) is 0 Å². The number of anilines is 1. The third-order valence-electron chi connectivity index (χ3n) is 4.57. The number of aromatic nitrogens is 3. The van der Waals surface area contributed by atoms with Gasteiger partial charge in [0.05, 0.1) is 6.20 Å². The Bertz CT molecular complexity index is 891. The lowest BCUT2D eigenvalue weighted by molar-refractivity contribution is 0.101. The van der Waals surface area contributed by atoms with E-state index < -0.39 is 10.0 Å². The van der Waals surface area contributed by atoms with E-state index in [0.717, 1.165) is 19.3 Å². The van der Waals surface area contributed by atoms with Crippen LogP contribution in [0.15, 0.2) is 29.4 Å². The molecule has 1 amide bonds. The van der Waals surface area contributed by atoms with E-state index in [1.807, 2.05) is 13.8 Å². The van der Waals surface area contributed by atoms with Crippen molar-refractivity contribution in [2.45, 2.75) is 44.0 Å². The van der Waals surface area contributed by atoms with Crippen molar-refractivity contribution in [2.75, 3.05) is 18.4 Å². The molecule has 0 spiro atoms. The van der Waals surface area contributed by atoms with E-state index >= 15 is 0 Å². The minimum Gasteiger partial charge on any atom is -0.345 e. The molecule has 1 N–H and O–H groups in total. The fourth-order valence-electron chi connectivity index (χ4n) is 3.16. The monoisotopic (exact) mass is 379 g/mol. The fraction of sp³-hybridized carbons (Fsp3) is 0.529. The first-order valence-electron chi connectivity index (χ1n) is 8.82. The van der Waals surface area contributed by atoms with E-state index in [0.29, 0.717) is 18.9 Å². The SMILES string of the molecule is CC(C)n1nccc1NC(=O)c1cc(S(=O)(=O)N2CCCCC2)cn1C. The largest absolute Gasteiger partial charge is 0.345 e. The molecule has 0 radical (unpaired) electrons. The van der Waals surface area contributed by atoms with Crippen LogP contribution in [0.1, 0.15) is 49.6 Å². The number of hydrogen-bond acceptors (Lipinski definition) is 4. The molecule has 2 aromatic heterocycles. The molecule has 0 unspecified atom stereocenters. The zero-order valence-corrected chi connectivity index (χ0v) is 16.2. The first kappa shape index (κ1) is 18.7. The molecule has 0 saturated carbocycles. The van der Waals surface area contributed by atoms with Crippen molar-refractivity contribution in [3.05, 3.63) is 30.2 Å². The fourth-order valence-corrected chi connectivity index (χ4v) is 4.75. The minimum atomic E-state index is -3.57. The second-order valence-corrected chi connectivity index (χ2v) is 8.78. The van der Waals surface area contributed by atoms with Crippen LogP contribution in [0.2, 0.25) is 0 Å². The molecule has 0 aromatic carbocycles. The van der Waals surface area contributed by atoms with E-state index in [4.69, 9.17) is 0 Å². The summed E-state index contributed by atoms with van der Waals surface area (Å²) in [6, 6.07) is 3.26. The third kappa shape index (κ3) is 3.54. The predicted octanol–water partition coefficient (Wildman–Crippen LogP) is 2.23. The second-order valence-electron chi connectivity index (χ2n) is 6.85. The highest BCUT2D eigenvalue weighted by Gasteiger charge is 2.28. The maximum absolute atomic E-state index is 12.8. The maximum atomic E-state index is 12.8. The number of piperidine rings is 1. The molecule has 8 nitrogen and oxygen atoms in total. The molecule has 0 bridgehead atoms. The van der Waals surface area contributed by atoms with Gasteiger partial charge < -0.3 is 9.88 Å². The number of carbonyl (C=O) groups is 1. The lowest BCUT2D eigenvalue weighted by Gasteiger charge is -2.25. The lowest BCUT2D eigenvalue weighted by Crippen LogP contribution is -2.35. The molecule has 26 heavy (non-hydrogen) atoms. The van der Waals surface area contributed by atoms with Gasteiger partial charge in [-0.05, 0) is 32.8 Å². The standard InChI is InChI=1S/C17H25N5O3S/c1-13(2)22-16(7-8-18-22)19-17(23)15-11-14(12-20(15)3)26(24,25)21-9-5-4-6-10-21/h7-8,11-13H,4-6,9-10H2,1-3H3,(H,19,23). The molecule has 9 heteroatoms. The molecule has 1 fully saturated rings. The maximum Gasteiger partial charge on any atom is 0.273 e. The van der Waals surface area contributed by atoms with Gasteiger partial charge in [0, 0.05) is 38.4 Å². The number of hydrogen-bond donors (Lipinski definition) is 1. The van der Waals surface area contributed by atoms with Gasteiger partial charge >= 0.3 is 0 Å². The summed E-state index contributed by atoms with van der Waals surface area (Å²) in [6.45, 7) is 5.00. The topological polar surface area (TPSA) is 89.2 Å². The van der Waals surface area contributed by atoms with Crippen LogP contribution >= 0.6 is 0 Å². The van der Waals surface area contributed by atoms with Gasteiger partial charge in [0.2, 0.25) is 10.0 Å². The highest BCUT2D eigenvalue weighted by atomic mass is 32.2. The van der Waals surface area contributed by atoms with Crippen LogP contribution in [0.4, 0.5) is 5.82 Å². The summed E-state index contributed by atoms with van der Waals surface area (Å²) in [5.74, 6) is 0.210. The Morgan fingerprint density at radius 3 is 2.58 bits per heavy atom. The van der Waals surface area contributed by atoms with Crippen LogP contribution in [-0.4, -0.2) is 46.1 Å². The average Bonchev–Trinajstić information content (AvgIpc) is 3.22. The summed E-state index contributed by atoms with van der Waals surface area (Å²) in [7, 11) is -1.90. The Hall–Kier alpha value is -2.13. The minimum absolute atomic E-state index is 0.101. The van der Waals surface area contributed by atoms with E-state index in [-0.39, 0.29) is 22.5 Å². The van der Waals surface area contributed by atoms with E-state index in [1.54, 1.807) is 28.6 Å². The first-order valence-corrected chi connectivity index (χ1v) is 10.3. The summed E-state index contributed by atoms with van der Waals surface area (Å²) in [5, 5.41) is 6.99. The molecule has 1 aliphatic heterocycles. The van der Waals surface area contributed by atoms with Crippen molar-refractivity contribution in [1.82, 2.24) is 18.7 Å². The van der Waals surface area contributed by atoms with Gasteiger partial charge in [-0.2, -0.15) is 9.40 Å². The summed E-state index contributed by atoms with van der Waals surface area (Å²) in [4.78, 5) is 12.8. The van der Waals surface area contributed by atoms with Gasteiger partial charge in [0.25, 0.3) is 5.91 Å². The Labute approximate surface area is 153 Å². The molecule has 3 rings (SSSR count). The van der Waals surface area contributed by atoms with Crippen LogP contribution < -0.4 is 5.32 Å². The van der Waals surface area contributed by atoms with Crippen molar-refractivity contribution in [3.63, 3.8) is 0 Å². The zero-order chi connectivity index (χ0) is 18.9. The summed E-state index contributed by atoms with van der Waals surface area (Å²) in [6.07, 6.45) is 5.92. The molecule has 142 valence electrons. The Kier molecular flexibility index (Phi) is 5.19. The van der Waals surface area contributed by atoms with Crippen LogP contribution in [0, 0.1) is 0 Å². The molecule has 1 aliphatic rings. The van der Waals surface area contributed by atoms with Crippen LogP contribution in [0.25, 0.3) is 0 Å². The highest BCUT2D eigenvalue weighted by Crippen LogP contribution is 2.23. The molecule has 3 heterocycles. The van der Waals surface area contributed by atoms with E-state index in [9.17, 15) is 13.2 Å². The predicted molar refractivity (Wildman–Crippen MR) is 98.6 cm³/mol. The number of aryl methyl sites for hydroxylation is 1. The van der Waals surface area contributed by atoms with Gasteiger partial charge in [-0.3, -0.25) is 4.79 Å². The quantitative estimate of drug-likeness (QED) is 0.863. The number of carbonyl (C=O) groups excluding carboxylic acids is 1. The molecule has 0 atom stereocenters. The highest BCUT2D eigenvalue weighted by molar-refractivity contribution is 7.89. The Morgan fingerprint density at radius 1 is 1.23 bits per heavy atom. The molecule has 1 saturated heterocycles. The van der Waals surface area contributed by atoms with E-state index in [1.165, 1.54) is 16.6 Å². The smallest absolute Gasteiger partial charge is 0.273 e. The van der Waals surface area contributed by atoms with Crippen molar-refractivity contribution in [1.29, 1.82) is 0 Å². The summed E-state index contributed by atoms with van der Waals surface area (Å²) >= 11 is 0. The number of nitrogens with one attached hydrogen (secondary N) is 1. The van der Waals surface area contributed by atoms with Gasteiger partial charge in [-0.25, -0.2) is 13.1 Å². The van der Waals surface area contributed by atoms with Crippen molar-refractivity contribution in [3.8, 4) is 0 Å².